The molecule has 15 heavy (non-hydrogen) atoms. The molecule has 1 aromatic carbocycles. The highest BCUT2D eigenvalue weighted by Crippen LogP contribution is 2.35. The van der Waals surface area contributed by atoms with Gasteiger partial charge >= 0.3 is 0 Å². The molecule has 0 radical (unpaired) electrons. The predicted molar refractivity (Wildman–Crippen MR) is 65.9 cm³/mol. The Kier molecular flexibility index (Phi) is 2.25. The second-order valence-corrected chi connectivity index (χ2v) is 4.88. The maximum absolute atomic E-state index is 5.83. The van der Waals surface area contributed by atoms with Gasteiger partial charge in [0.25, 0.3) is 0 Å². The van der Waals surface area contributed by atoms with Crippen molar-refractivity contribution >= 4 is 17.1 Å². The van der Waals surface area contributed by atoms with Crippen LogP contribution in [0.5, 0.6) is 0 Å². The van der Waals surface area contributed by atoms with Crippen molar-refractivity contribution in [2.75, 3.05) is 22.9 Å². The zero-order valence-corrected chi connectivity index (χ0v) is 9.46. The topological polar surface area (TPSA) is 55.3 Å². The zero-order chi connectivity index (χ0) is 11.1. The van der Waals surface area contributed by atoms with Crippen molar-refractivity contribution in [3.63, 3.8) is 0 Å². The first kappa shape index (κ1) is 10.1. The molecule has 0 bridgehead atoms. The molecule has 0 saturated carbocycles. The minimum atomic E-state index is 0.239. The largest absolute Gasteiger partial charge is 0.397 e. The number of nitrogens with zero attached hydrogens (tertiary/aromatic N) is 1. The molecule has 1 aliphatic rings. The average Bonchev–Trinajstić information content (AvgIpc) is 2.50. The Morgan fingerprint density at radius 3 is 2.47 bits per heavy atom. The number of hydrogen-bond donors (Lipinski definition) is 2. The molecule has 2 rings (SSSR count). The lowest BCUT2D eigenvalue weighted by atomic mass is 10.0. The van der Waals surface area contributed by atoms with Crippen LogP contribution in [0.1, 0.15) is 26.7 Å². The van der Waals surface area contributed by atoms with Crippen molar-refractivity contribution in [1.82, 2.24) is 0 Å². The van der Waals surface area contributed by atoms with Gasteiger partial charge in [-0.1, -0.05) is 0 Å². The summed E-state index contributed by atoms with van der Waals surface area (Å²) < 4.78 is 0. The van der Waals surface area contributed by atoms with Gasteiger partial charge in [-0.2, -0.15) is 0 Å². The van der Waals surface area contributed by atoms with Crippen molar-refractivity contribution in [1.29, 1.82) is 0 Å². The van der Waals surface area contributed by atoms with Gasteiger partial charge in [-0.25, -0.2) is 0 Å². The Balaban J connectivity index is 2.33. The van der Waals surface area contributed by atoms with E-state index in [0.717, 1.165) is 6.54 Å². The van der Waals surface area contributed by atoms with Crippen LogP contribution in [-0.4, -0.2) is 12.1 Å². The van der Waals surface area contributed by atoms with Crippen LogP contribution in [0.2, 0.25) is 0 Å². The van der Waals surface area contributed by atoms with E-state index in [2.05, 4.69) is 24.8 Å². The number of benzene rings is 1. The third-order valence-corrected chi connectivity index (χ3v) is 3.28. The molecule has 0 spiro atoms. The normalized spacial score (nSPS) is 19.5. The van der Waals surface area contributed by atoms with Gasteiger partial charge in [0, 0.05) is 17.8 Å². The van der Waals surface area contributed by atoms with Gasteiger partial charge in [0.2, 0.25) is 0 Å². The van der Waals surface area contributed by atoms with Crippen LogP contribution in [0, 0.1) is 0 Å². The van der Waals surface area contributed by atoms with Crippen molar-refractivity contribution in [2.24, 2.45) is 0 Å². The van der Waals surface area contributed by atoms with E-state index >= 15 is 0 Å². The maximum atomic E-state index is 5.83. The summed E-state index contributed by atoms with van der Waals surface area (Å²) in [6, 6.07) is 5.92. The molecule has 82 valence electrons. The first-order valence-corrected chi connectivity index (χ1v) is 5.43. The fourth-order valence-corrected chi connectivity index (χ4v) is 2.32. The lowest BCUT2D eigenvalue weighted by Gasteiger charge is -2.34. The highest BCUT2D eigenvalue weighted by Gasteiger charge is 2.31. The molecule has 1 saturated heterocycles. The maximum Gasteiger partial charge on any atom is 0.0568 e. The molecule has 3 nitrogen and oxygen atoms in total. The number of anilines is 3. The fourth-order valence-electron chi connectivity index (χ4n) is 2.32. The van der Waals surface area contributed by atoms with Crippen molar-refractivity contribution in [3.8, 4) is 0 Å². The van der Waals surface area contributed by atoms with Crippen LogP contribution in [0.15, 0.2) is 18.2 Å². The Morgan fingerprint density at radius 1 is 1.20 bits per heavy atom. The molecular formula is C12H19N3. The summed E-state index contributed by atoms with van der Waals surface area (Å²) in [5.41, 5.74) is 14.3. The SMILES string of the molecule is CC1(C)CCCN1c1ccc(N)c(N)c1. The molecule has 4 N–H and O–H groups in total. The van der Waals surface area contributed by atoms with Gasteiger partial charge in [0.15, 0.2) is 0 Å². The average molecular weight is 205 g/mol. The highest BCUT2D eigenvalue weighted by molar-refractivity contribution is 5.70. The second kappa shape index (κ2) is 3.33. The molecule has 0 aliphatic carbocycles. The van der Waals surface area contributed by atoms with E-state index in [1.54, 1.807) is 0 Å². The van der Waals surface area contributed by atoms with Crippen LogP contribution in [0.25, 0.3) is 0 Å². The molecule has 0 amide bonds. The summed E-state index contributed by atoms with van der Waals surface area (Å²) in [5.74, 6) is 0. The zero-order valence-electron chi connectivity index (χ0n) is 9.46. The molecule has 0 unspecified atom stereocenters. The van der Waals surface area contributed by atoms with Gasteiger partial charge in [-0.05, 0) is 44.9 Å². The van der Waals surface area contributed by atoms with Crippen LogP contribution >= 0.6 is 0 Å². The Hall–Kier alpha value is -1.38. The van der Waals surface area contributed by atoms with Crippen LogP contribution in [0.3, 0.4) is 0 Å². The number of rotatable bonds is 1. The van der Waals surface area contributed by atoms with Crippen LogP contribution in [-0.2, 0) is 0 Å². The van der Waals surface area contributed by atoms with Crippen molar-refractivity contribution < 1.29 is 0 Å². The minimum absolute atomic E-state index is 0.239. The Bertz CT molecular complexity index is 371. The van der Waals surface area contributed by atoms with Crippen molar-refractivity contribution in [2.45, 2.75) is 32.2 Å². The monoisotopic (exact) mass is 205 g/mol. The molecule has 1 aromatic rings. The van der Waals surface area contributed by atoms with Gasteiger partial charge in [0.05, 0.1) is 11.4 Å². The minimum Gasteiger partial charge on any atom is -0.397 e. The van der Waals surface area contributed by atoms with Gasteiger partial charge in [-0.15, -0.1) is 0 Å². The summed E-state index contributed by atoms with van der Waals surface area (Å²) in [4.78, 5) is 2.41. The van der Waals surface area contributed by atoms with E-state index in [0.29, 0.717) is 11.4 Å². The van der Waals surface area contributed by atoms with E-state index in [4.69, 9.17) is 11.5 Å². The van der Waals surface area contributed by atoms with E-state index < -0.39 is 0 Å². The summed E-state index contributed by atoms with van der Waals surface area (Å²) in [7, 11) is 0. The summed E-state index contributed by atoms with van der Waals surface area (Å²) in [6.45, 7) is 5.65. The first-order valence-electron chi connectivity index (χ1n) is 5.43. The van der Waals surface area contributed by atoms with E-state index in [-0.39, 0.29) is 5.54 Å². The van der Waals surface area contributed by atoms with E-state index in [1.807, 2.05) is 12.1 Å². The molecule has 3 heteroatoms. The number of nitrogens with two attached hydrogens (primary N) is 2. The standard InChI is InChI=1S/C12H19N3/c1-12(2)6-3-7-15(12)9-4-5-10(13)11(14)8-9/h4-5,8H,3,6-7,13-14H2,1-2H3. The van der Waals surface area contributed by atoms with Gasteiger partial charge < -0.3 is 16.4 Å². The van der Waals surface area contributed by atoms with E-state index in [1.165, 1.54) is 18.5 Å². The Morgan fingerprint density at radius 2 is 1.93 bits per heavy atom. The number of hydrogen-bond acceptors (Lipinski definition) is 3. The first-order chi connectivity index (χ1) is 7.00. The molecule has 1 aliphatic heterocycles. The van der Waals surface area contributed by atoms with Crippen LogP contribution in [0.4, 0.5) is 17.1 Å². The van der Waals surface area contributed by atoms with Crippen LogP contribution < -0.4 is 16.4 Å². The second-order valence-electron chi connectivity index (χ2n) is 4.88. The lowest BCUT2D eigenvalue weighted by Crippen LogP contribution is -2.38. The predicted octanol–water partition coefficient (Wildman–Crippen LogP) is 2.23. The molecule has 0 atom stereocenters. The number of nitrogen functional groups attached to an aromatic ring is 2. The summed E-state index contributed by atoms with van der Waals surface area (Å²) in [6.07, 6.45) is 2.48. The molecular weight excluding hydrogens is 186 g/mol. The quantitative estimate of drug-likeness (QED) is 0.691. The van der Waals surface area contributed by atoms with Gasteiger partial charge in [0.1, 0.15) is 0 Å². The third-order valence-electron chi connectivity index (χ3n) is 3.28. The smallest absolute Gasteiger partial charge is 0.0568 e. The molecule has 1 heterocycles. The van der Waals surface area contributed by atoms with E-state index in [9.17, 15) is 0 Å². The fraction of sp³-hybridized carbons (Fsp3) is 0.500. The van der Waals surface area contributed by atoms with Gasteiger partial charge in [-0.3, -0.25) is 0 Å². The molecule has 1 fully saturated rings. The molecule has 0 aromatic heterocycles. The highest BCUT2D eigenvalue weighted by atomic mass is 15.2. The summed E-state index contributed by atoms with van der Waals surface area (Å²) >= 11 is 0. The Labute approximate surface area is 91.1 Å². The third kappa shape index (κ3) is 1.74. The summed E-state index contributed by atoms with van der Waals surface area (Å²) in [5, 5.41) is 0. The van der Waals surface area contributed by atoms with Crippen molar-refractivity contribution in [3.05, 3.63) is 18.2 Å². The lowest BCUT2D eigenvalue weighted by molar-refractivity contribution is 0.518.